The van der Waals surface area contributed by atoms with Gasteiger partial charge in [0.1, 0.15) is 0 Å². The highest BCUT2D eigenvalue weighted by Crippen LogP contribution is 2.39. The molecular weight excluding hydrogens is 312 g/mol. The van der Waals surface area contributed by atoms with E-state index in [1.807, 2.05) is 11.3 Å². The molecule has 0 bridgehead atoms. The molecule has 0 N–H and O–H groups in total. The Bertz CT molecular complexity index is 823. The lowest BCUT2D eigenvalue weighted by Gasteiger charge is -2.21. The predicted octanol–water partition coefficient (Wildman–Crippen LogP) is 5.33. The molecule has 0 aliphatic heterocycles. The van der Waals surface area contributed by atoms with E-state index in [-0.39, 0.29) is 0 Å². The van der Waals surface area contributed by atoms with Crippen LogP contribution in [0.5, 0.6) is 0 Å². The average Bonchev–Trinajstić information content (AvgIpc) is 3.07. The van der Waals surface area contributed by atoms with E-state index in [1.54, 1.807) is 0 Å². The number of anilines is 1. The first-order valence-corrected chi connectivity index (χ1v) is 9.53. The third-order valence-electron chi connectivity index (χ3n) is 4.56. The van der Waals surface area contributed by atoms with Crippen LogP contribution in [0.2, 0.25) is 0 Å². The van der Waals surface area contributed by atoms with Crippen molar-refractivity contribution in [3.05, 3.63) is 70.6 Å². The van der Waals surface area contributed by atoms with Gasteiger partial charge in [-0.05, 0) is 30.4 Å². The molecule has 1 heterocycles. The SMILES string of the molecule is CCCN(Cc1ccccc1)c1nc2c(s1)CCc1ccccc1-2. The second-order valence-electron chi connectivity index (χ2n) is 6.33. The van der Waals surface area contributed by atoms with Crippen LogP contribution in [0.1, 0.15) is 29.3 Å². The van der Waals surface area contributed by atoms with Crippen molar-refractivity contribution in [3.63, 3.8) is 0 Å². The fourth-order valence-electron chi connectivity index (χ4n) is 3.39. The van der Waals surface area contributed by atoms with Gasteiger partial charge in [-0.1, -0.05) is 61.5 Å². The maximum Gasteiger partial charge on any atom is 0.186 e. The van der Waals surface area contributed by atoms with E-state index >= 15 is 0 Å². The van der Waals surface area contributed by atoms with Crippen molar-refractivity contribution in [3.8, 4) is 11.3 Å². The number of benzene rings is 2. The first-order chi connectivity index (χ1) is 11.8. The highest BCUT2D eigenvalue weighted by molar-refractivity contribution is 7.16. The van der Waals surface area contributed by atoms with E-state index < -0.39 is 0 Å². The van der Waals surface area contributed by atoms with Crippen LogP contribution in [-0.4, -0.2) is 11.5 Å². The van der Waals surface area contributed by atoms with Gasteiger partial charge in [0, 0.05) is 23.5 Å². The molecule has 2 nitrogen and oxygen atoms in total. The minimum absolute atomic E-state index is 0.933. The number of hydrogen-bond acceptors (Lipinski definition) is 3. The number of nitrogens with zero attached hydrogens (tertiary/aromatic N) is 2. The van der Waals surface area contributed by atoms with Crippen molar-refractivity contribution in [2.24, 2.45) is 0 Å². The molecule has 2 aromatic carbocycles. The van der Waals surface area contributed by atoms with Crippen molar-refractivity contribution in [2.75, 3.05) is 11.4 Å². The van der Waals surface area contributed by atoms with Crippen LogP contribution in [0.4, 0.5) is 5.13 Å². The molecule has 0 atom stereocenters. The number of aryl methyl sites for hydroxylation is 2. The molecule has 1 aliphatic carbocycles. The number of thiazole rings is 1. The van der Waals surface area contributed by atoms with E-state index in [9.17, 15) is 0 Å². The summed E-state index contributed by atoms with van der Waals surface area (Å²) < 4.78 is 0. The summed E-state index contributed by atoms with van der Waals surface area (Å²) in [5.74, 6) is 0. The molecule has 0 unspecified atom stereocenters. The molecule has 1 aromatic heterocycles. The second-order valence-corrected chi connectivity index (χ2v) is 7.39. The Balaban J connectivity index is 1.67. The van der Waals surface area contributed by atoms with Crippen LogP contribution < -0.4 is 4.90 Å². The van der Waals surface area contributed by atoms with Crippen LogP contribution in [0.25, 0.3) is 11.3 Å². The van der Waals surface area contributed by atoms with Gasteiger partial charge in [0.15, 0.2) is 5.13 Å². The number of aromatic nitrogens is 1. The van der Waals surface area contributed by atoms with Crippen molar-refractivity contribution in [1.29, 1.82) is 0 Å². The Morgan fingerprint density at radius 1 is 1.00 bits per heavy atom. The largest absolute Gasteiger partial charge is 0.344 e. The molecule has 0 spiro atoms. The van der Waals surface area contributed by atoms with Gasteiger partial charge in [0.05, 0.1) is 5.69 Å². The normalized spacial score (nSPS) is 12.5. The lowest BCUT2D eigenvalue weighted by molar-refractivity contribution is 0.764. The van der Waals surface area contributed by atoms with Crippen LogP contribution in [0.15, 0.2) is 54.6 Å². The molecule has 0 fully saturated rings. The first-order valence-electron chi connectivity index (χ1n) is 8.72. The molecule has 0 saturated carbocycles. The van der Waals surface area contributed by atoms with E-state index in [0.29, 0.717) is 0 Å². The third kappa shape index (κ3) is 2.96. The lowest BCUT2D eigenvalue weighted by Crippen LogP contribution is -2.23. The van der Waals surface area contributed by atoms with Gasteiger partial charge in [-0.3, -0.25) is 0 Å². The predicted molar refractivity (Wildman–Crippen MR) is 103 cm³/mol. The molecular formula is C21H22N2S. The second kappa shape index (κ2) is 6.78. The van der Waals surface area contributed by atoms with Crippen molar-refractivity contribution < 1.29 is 0 Å². The highest BCUT2D eigenvalue weighted by Gasteiger charge is 2.22. The van der Waals surface area contributed by atoms with E-state index in [4.69, 9.17) is 4.98 Å². The number of fused-ring (bicyclic) bond motifs is 3. The van der Waals surface area contributed by atoms with Gasteiger partial charge in [-0.15, -0.1) is 11.3 Å². The zero-order valence-corrected chi connectivity index (χ0v) is 14.9. The maximum absolute atomic E-state index is 5.05. The summed E-state index contributed by atoms with van der Waals surface area (Å²) in [6.45, 7) is 4.21. The van der Waals surface area contributed by atoms with Gasteiger partial charge in [-0.25, -0.2) is 4.98 Å². The Hall–Kier alpha value is -2.13. The lowest BCUT2D eigenvalue weighted by atomic mass is 9.94. The van der Waals surface area contributed by atoms with Gasteiger partial charge in [-0.2, -0.15) is 0 Å². The zero-order chi connectivity index (χ0) is 16.4. The minimum atomic E-state index is 0.933. The van der Waals surface area contributed by atoms with Gasteiger partial charge in [0.25, 0.3) is 0 Å². The summed E-state index contributed by atoms with van der Waals surface area (Å²) in [6.07, 6.45) is 3.39. The van der Waals surface area contributed by atoms with Crippen molar-refractivity contribution in [2.45, 2.75) is 32.7 Å². The van der Waals surface area contributed by atoms with E-state index in [1.165, 1.54) is 32.4 Å². The summed E-state index contributed by atoms with van der Waals surface area (Å²) in [7, 11) is 0. The quantitative estimate of drug-likeness (QED) is 0.627. The summed E-state index contributed by atoms with van der Waals surface area (Å²) in [4.78, 5) is 8.93. The fraction of sp³-hybridized carbons (Fsp3) is 0.286. The molecule has 122 valence electrons. The molecule has 0 radical (unpaired) electrons. The summed E-state index contributed by atoms with van der Waals surface area (Å²) in [6, 6.07) is 19.4. The van der Waals surface area contributed by atoms with Gasteiger partial charge < -0.3 is 4.90 Å². The Labute approximate surface area is 147 Å². The first kappa shape index (κ1) is 15.4. The number of hydrogen-bond donors (Lipinski definition) is 0. The zero-order valence-electron chi connectivity index (χ0n) is 14.0. The van der Waals surface area contributed by atoms with Crippen LogP contribution in [-0.2, 0) is 19.4 Å². The summed E-state index contributed by atoms with van der Waals surface area (Å²) in [5.41, 5.74) is 5.33. The standard InChI is InChI=1S/C21H22N2S/c1-2-14-23(15-16-8-4-3-5-9-16)21-22-20-18-11-7-6-10-17(18)12-13-19(20)24-21/h3-11H,2,12-15H2,1H3. The van der Waals surface area contributed by atoms with Gasteiger partial charge >= 0.3 is 0 Å². The monoisotopic (exact) mass is 334 g/mol. The Morgan fingerprint density at radius 3 is 2.62 bits per heavy atom. The van der Waals surface area contributed by atoms with E-state index in [2.05, 4.69) is 66.4 Å². The van der Waals surface area contributed by atoms with E-state index in [0.717, 1.165) is 32.4 Å². The summed E-state index contributed by atoms with van der Waals surface area (Å²) in [5, 5.41) is 1.17. The van der Waals surface area contributed by atoms with Crippen LogP contribution in [0.3, 0.4) is 0 Å². The molecule has 0 amide bonds. The Kier molecular flexibility index (Phi) is 4.35. The highest BCUT2D eigenvalue weighted by atomic mass is 32.1. The fourth-order valence-corrected chi connectivity index (χ4v) is 4.49. The minimum Gasteiger partial charge on any atom is -0.344 e. The third-order valence-corrected chi connectivity index (χ3v) is 5.74. The number of rotatable bonds is 5. The maximum atomic E-state index is 5.05. The van der Waals surface area contributed by atoms with Gasteiger partial charge in [0.2, 0.25) is 0 Å². The smallest absolute Gasteiger partial charge is 0.186 e. The molecule has 1 aliphatic rings. The average molecular weight is 334 g/mol. The molecule has 0 saturated heterocycles. The molecule has 24 heavy (non-hydrogen) atoms. The molecule has 4 rings (SSSR count). The molecule has 3 heteroatoms. The Morgan fingerprint density at radius 2 is 1.79 bits per heavy atom. The topological polar surface area (TPSA) is 16.1 Å². The summed E-state index contributed by atoms with van der Waals surface area (Å²) >= 11 is 1.88. The van der Waals surface area contributed by atoms with Crippen molar-refractivity contribution in [1.82, 2.24) is 4.98 Å². The van der Waals surface area contributed by atoms with Crippen LogP contribution in [0, 0.1) is 0 Å². The van der Waals surface area contributed by atoms with Crippen molar-refractivity contribution >= 4 is 16.5 Å². The van der Waals surface area contributed by atoms with Crippen LogP contribution >= 0.6 is 11.3 Å². The molecule has 3 aromatic rings.